The fourth-order valence-electron chi connectivity index (χ4n) is 4.33. The van der Waals surface area contributed by atoms with Crippen LogP contribution in [0.4, 0.5) is 17.5 Å². The third-order valence-electron chi connectivity index (χ3n) is 6.54. The smallest absolute Gasteiger partial charge is 0.355 e. The molecular formula is C24H23Cl2N7O. The van der Waals surface area contributed by atoms with Gasteiger partial charge < -0.3 is 11.1 Å². The van der Waals surface area contributed by atoms with Gasteiger partial charge in [0.1, 0.15) is 5.82 Å². The number of rotatable bonds is 3. The molecule has 0 fully saturated rings. The molecule has 2 aromatic heterocycles. The average Bonchev–Trinajstić information content (AvgIpc) is 2.78. The van der Waals surface area contributed by atoms with Crippen LogP contribution in [0, 0.1) is 0 Å². The van der Waals surface area contributed by atoms with Crippen LogP contribution in [0.25, 0.3) is 16.7 Å². The Morgan fingerprint density at radius 2 is 1.85 bits per heavy atom. The Kier molecular flexibility index (Phi) is 5.47. The van der Waals surface area contributed by atoms with Gasteiger partial charge in [-0.05, 0) is 62.7 Å². The summed E-state index contributed by atoms with van der Waals surface area (Å²) in [5.41, 5.74) is 9.48. The highest BCUT2D eigenvalue weighted by Crippen LogP contribution is 2.36. The Bertz CT molecular complexity index is 1480. The van der Waals surface area contributed by atoms with Gasteiger partial charge in [-0.2, -0.15) is 9.97 Å². The first-order valence-electron chi connectivity index (χ1n) is 10.8. The van der Waals surface area contributed by atoms with E-state index in [2.05, 4.69) is 58.2 Å². The van der Waals surface area contributed by atoms with Crippen molar-refractivity contribution < 1.29 is 0 Å². The summed E-state index contributed by atoms with van der Waals surface area (Å²) in [5.74, 6) is 0.421. The van der Waals surface area contributed by atoms with E-state index in [1.807, 2.05) is 6.07 Å². The van der Waals surface area contributed by atoms with E-state index < -0.39 is 5.69 Å². The van der Waals surface area contributed by atoms with Gasteiger partial charge in [-0.3, -0.25) is 4.90 Å². The van der Waals surface area contributed by atoms with Gasteiger partial charge in [0.2, 0.25) is 5.95 Å². The molecule has 1 aliphatic heterocycles. The molecule has 174 valence electrons. The maximum atomic E-state index is 12.9. The number of hydrogen-bond acceptors (Lipinski definition) is 7. The molecule has 3 N–H and O–H groups in total. The number of nitrogens with one attached hydrogen (secondary N) is 1. The lowest BCUT2D eigenvalue weighted by molar-refractivity contribution is 0.143. The first-order valence-corrected chi connectivity index (χ1v) is 11.5. The molecule has 0 spiro atoms. The Morgan fingerprint density at radius 3 is 2.59 bits per heavy atom. The number of hydrogen-bond donors (Lipinski definition) is 2. The lowest BCUT2D eigenvalue weighted by atomic mass is 9.83. The second-order valence-electron chi connectivity index (χ2n) is 8.84. The van der Waals surface area contributed by atoms with Crippen molar-refractivity contribution in [2.24, 2.45) is 0 Å². The number of aromatic nitrogens is 4. The Hall–Kier alpha value is -3.20. The molecule has 34 heavy (non-hydrogen) atoms. The molecular weight excluding hydrogens is 473 g/mol. The minimum absolute atomic E-state index is 0.0867. The largest absolute Gasteiger partial charge is 0.384 e. The van der Waals surface area contributed by atoms with Crippen LogP contribution in [-0.2, 0) is 12.0 Å². The van der Waals surface area contributed by atoms with E-state index in [1.165, 1.54) is 21.9 Å². The first kappa shape index (κ1) is 22.6. The molecule has 10 heteroatoms. The van der Waals surface area contributed by atoms with E-state index in [0.29, 0.717) is 11.3 Å². The fraction of sp³-hybridized carbons (Fsp3) is 0.250. The zero-order valence-corrected chi connectivity index (χ0v) is 20.4. The Morgan fingerprint density at radius 1 is 1.12 bits per heavy atom. The third kappa shape index (κ3) is 3.68. The number of anilines is 3. The first-order chi connectivity index (χ1) is 16.2. The second kappa shape index (κ2) is 8.23. The predicted molar refractivity (Wildman–Crippen MR) is 136 cm³/mol. The van der Waals surface area contributed by atoms with E-state index in [4.69, 9.17) is 28.9 Å². The monoisotopic (exact) mass is 495 g/mol. The van der Waals surface area contributed by atoms with Crippen LogP contribution in [0.2, 0.25) is 10.0 Å². The van der Waals surface area contributed by atoms with Gasteiger partial charge in [0.15, 0.2) is 5.65 Å². The second-order valence-corrected chi connectivity index (χ2v) is 9.66. The summed E-state index contributed by atoms with van der Waals surface area (Å²) >= 11 is 12.6. The zero-order chi connectivity index (χ0) is 24.2. The molecule has 0 atom stereocenters. The Balaban J connectivity index is 1.54. The Labute approximate surface area is 206 Å². The van der Waals surface area contributed by atoms with Crippen LogP contribution in [0.3, 0.4) is 0 Å². The van der Waals surface area contributed by atoms with Gasteiger partial charge in [0.25, 0.3) is 0 Å². The van der Waals surface area contributed by atoms with Gasteiger partial charge in [-0.1, -0.05) is 35.3 Å². The van der Waals surface area contributed by atoms with Crippen LogP contribution < -0.4 is 16.7 Å². The molecule has 4 aromatic rings. The highest BCUT2D eigenvalue weighted by molar-refractivity contribution is 6.37. The third-order valence-corrected chi connectivity index (χ3v) is 7.15. The van der Waals surface area contributed by atoms with E-state index in [0.717, 1.165) is 18.7 Å². The van der Waals surface area contributed by atoms with Gasteiger partial charge in [-0.25, -0.2) is 14.3 Å². The molecule has 8 nitrogen and oxygen atoms in total. The molecule has 0 amide bonds. The average molecular weight is 496 g/mol. The summed E-state index contributed by atoms with van der Waals surface area (Å²) in [6, 6.07) is 11.2. The maximum Gasteiger partial charge on any atom is 0.355 e. The van der Waals surface area contributed by atoms with Crippen LogP contribution in [-0.4, -0.2) is 38.0 Å². The van der Waals surface area contributed by atoms with Gasteiger partial charge in [-0.15, -0.1) is 0 Å². The van der Waals surface area contributed by atoms with Crippen molar-refractivity contribution in [2.45, 2.75) is 25.8 Å². The van der Waals surface area contributed by atoms with E-state index in [1.54, 1.807) is 18.2 Å². The molecule has 0 aliphatic carbocycles. The molecule has 0 bridgehead atoms. The highest BCUT2D eigenvalue weighted by atomic mass is 35.5. The molecule has 0 unspecified atom stereocenters. The summed E-state index contributed by atoms with van der Waals surface area (Å²) in [4.78, 5) is 28.1. The van der Waals surface area contributed by atoms with Crippen LogP contribution >= 0.6 is 23.2 Å². The normalized spacial score (nSPS) is 15.3. The predicted octanol–water partition coefficient (Wildman–Crippen LogP) is 4.53. The summed E-state index contributed by atoms with van der Waals surface area (Å²) in [5, 5.41) is 4.20. The maximum absolute atomic E-state index is 12.9. The molecule has 5 rings (SSSR count). The number of likely N-dealkylation sites (N-methyl/N-ethyl adjacent to an activating group) is 1. The summed E-state index contributed by atoms with van der Waals surface area (Å²) < 4.78 is 1.17. The fourth-order valence-corrected chi connectivity index (χ4v) is 4.89. The summed E-state index contributed by atoms with van der Waals surface area (Å²) in [7, 11) is 2.13. The zero-order valence-electron chi connectivity index (χ0n) is 18.9. The number of para-hydroxylation sites is 1. The number of fused-ring (bicyclic) bond motifs is 2. The lowest BCUT2D eigenvalue weighted by Crippen LogP contribution is -2.43. The van der Waals surface area contributed by atoms with Crippen molar-refractivity contribution in [3.63, 3.8) is 0 Å². The molecule has 3 heterocycles. The minimum atomic E-state index is -0.636. The molecule has 1 aliphatic rings. The van der Waals surface area contributed by atoms with Crippen LogP contribution in [0.15, 0.2) is 47.4 Å². The van der Waals surface area contributed by atoms with Gasteiger partial charge in [0, 0.05) is 24.0 Å². The van der Waals surface area contributed by atoms with Crippen molar-refractivity contribution in [1.29, 1.82) is 0 Å². The van der Waals surface area contributed by atoms with Crippen molar-refractivity contribution in [2.75, 3.05) is 24.6 Å². The molecule has 0 radical (unpaired) electrons. The number of nitrogens with zero attached hydrogens (tertiary/aromatic N) is 5. The van der Waals surface area contributed by atoms with Crippen LogP contribution in [0.1, 0.15) is 25.0 Å². The number of nitrogens with two attached hydrogens (primary N) is 1. The number of benzene rings is 2. The summed E-state index contributed by atoms with van der Waals surface area (Å²) in [6.07, 6.45) is 2.54. The van der Waals surface area contributed by atoms with Crippen LogP contribution in [0.5, 0.6) is 0 Å². The molecule has 0 saturated carbocycles. The topological polar surface area (TPSA) is 102 Å². The van der Waals surface area contributed by atoms with E-state index >= 15 is 0 Å². The van der Waals surface area contributed by atoms with Crippen molar-refractivity contribution in [1.82, 2.24) is 24.4 Å². The standard InChI is InChI=1S/C24H23Cl2N7O/c1-24(2)16-11-14(8-7-13(16)9-10-32(24)3)29-22-28-12-15-20(27)33(23(34)31-21(15)30-22)19-17(25)5-4-6-18(19)26/h4-8,11-12H,9-10,27H2,1-3H3,(H,29,30,31,34). The van der Waals surface area contributed by atoms with Crippen molar-refractivity contribution >= 4 is 51.7 Å². The van der Waals surface area contributed by atoms with Gasteiger partial charge in [0.05, 0.1) is 21.1 Å². The number of nitrogen functional groups attached to an aromatic ring is 1. The van der Waals surface area contributed by atoms with Gasteiger partial charge >= 0.3 is 5.69 Å². The van der Waals surface area contributed by atoms with Crippen molar-refractivity contribution in [3.8, 4) is 5.69 Å². The number of halogens is 2. The quantitative estimate of drug-likeness (QED) is 0.430. The molecule has 0 saturated heterocycles. The SMILES string of the molecule is CN1CCc2ccc(Nc3ncc4c(N)n(-c5c(Cl)cccc5Cl)c(=O)nc4n3)cc2C1(C)C. The highest BCUT2D eigenvalue weighted by Gasteiger charge is 2.32. The summed E-state index contributed by atoms with van der Waals surface area (Å²) in [6.45, 7) is 5.44. The van der Waals surface area contributed by atoms with Crippen molar-refractivity contribution in [3.05, 3.63) is 74.3 Å². The van der Waals surface area contributed by atoms with E-state index in [9.17, 15) is 4.79 Å². The lowest BCUT2D eigenvalue weighted by Gasteiger charge is -2.41. The molecule has 2 aromatic carbocycles. The van der Waals surface area contributed by atoms with E-state index in [-0.39, 0.29) is 32.7 Å². The minimum Gasteiger partial charge on any atom is -0.384 e.